The minimum absolute atomic E-state index is 0.324. The van der Waals surface area contributed by atoms with Crippen molar-refractivity contribution in [3.05, 3.63) is 37.0 Å². The Bertz CT molecular complexity index is 424. The Labute approximate surface area is 143 Å². The van der Waals surface area contributed by atoms with Crippen LogP contribution in [0.1, 0.15) is 65.7 Å². The molecule has 23 heavy (non-hydrogen) atoms. The van der Waals surface area contributed by atoms with Gasteiger partial charge in [0.05, 0.1) is 12.2 Å². The number of rotatable bonds is 5. The molecule has 0 aromatic carbocycles. The van der Waals surface area contributed by atoms with Gasteiger partial charge in [0.2, 0.25) is 0 Å². The van der Waals surface area contributed by atoms with Crippen LogP contribution >= 0.6 is 0 Å². The first-order valence-corrected chi connectivity index (χ1v) is 9.11. The lowest BCUT2D eigenvalue weighted by Gasteiger charge is -2.41. The first-order chi connectivity index (χ1) is 10.8. The van der Waals surface area contributed by atoms with Crippen molar-refractivity contribution < 1.29 is 10.2 Å². The maximum absolute atomic E-state index is 9.16. The Morgan fingerprint density at radius 1 is 1.39 bits per heavy atom. The minimum atomic E-state index is -0.655. The Hall–Kier alpha value is -0.860. The summed E-state index contributed by atoms with van der Waals surface area (Å²) in [6, 6.07) is 0. The van der Waals surface area contributed by atoms with Crippen molar-refractivity contribution in [3.8, 4) is 0 Å². The smallest absolute Gasteiger partial charge is 0.0808 e. The van der Waals surface area contributed by atoms with Crippen LogP contribution in [-0.2, 0) is 0 Å². The number of hydrogen-bond acceptors (Lipinski definition) is 2. The van der Waals surface area contributed by atoms with E-state index in [1.54, 1.807) is 12.5 Å². The van der Waals surface area contributed by atoms with Crippen LogP contribution in [0, 0.1) is 17.3 Å². The van der Waals surface area contributed by atoms with Gasteiger partial charge in [-0.15, -0.1) is 0 Å². The number of allylic oxidation sites excluding steroid dienone is 1. The quantitative estimate of drug-likeness (QED) is 0.551. The van der Waals surface area contributed by atoms with Gasteiger partial charge in [-0.25, -0.2) is 0 Å². The Balaban J connectivity index is 0.000000241. The number of aliphatic hydroxyl groups excluding tert-OH is 2. The molecule has 2 aliphatic carbocycles. The van der Waals surface area contributed by atoms with Gasteiger partial charge in [0.1, 0.15) is 0 Å². The highest BCUT2D eigenvalue weighted by Crippen LogP contribution is 2.57. The van der Waals surface area contributed by atoms with Gasteiger partial charge in [-0.3, -0.25) is 0 Å². The predicted molar refractivity (Wildman–Crippen MR) is 99.2 cm³/mol. The molecule has 0 radical (unpaired) electrons. The van der Waals surface area contributed by atoms with Crippen LogP contribution in [0.5, 0.6) is 0 Å². The number of fused-ring (bicyclic) bond motifs is 1. The molecule has 0 aromatic heterocycles. The fourth-order valence-corrected chi connectivity index (χ4v) is 4.51. The molecule has 2 N–H and O–H groups in total. The fourth-order valence-electron chi connectivity index (χ4n) is 4.51. The van der Waals surface area contributed by atoms with E-state index in [1.807, 2.05) is 0 Å². The average Bonchev–Trinajstić information content (AvgIpc) is 2.84. The summed E-state index contributed by atoms with van der Waals surface area (Å²) in [6.07, 6.45) is 9.07. The molecule has 2 rings (SSSR count). The second-order valence-corrected chi connectivity index (χ2v) is 7.63. The largest absolute Gasteiger partial charge is 0.393 e. The van der Waals surface area contributed by atoms with E-state index in [2.05, 4.69) is 33.6 Å². The third-order valence-electron chi connectivity index (χ3n) is 5.99. The van der Waals surface area contributed by atoms with Crippen molar-refractivity contribution >= 4 is 0 Å². The van der Waals surface area contributed by atoms with Crippen LogP contribution < -0.4 is 0 Å². The maximum Gasteiger partial charge on any atom is 0.0808 e. The Morgan fingerprint density at radius 3 is 2.57 bits per heavy atom. The molecule has 0 unspecified atom stereocenters. The summed E-state index contributed by atoms with van der Waals surface area (Å²) in [6.45, 7) is 17.8. The normalized spacial score (nSPS) is 32.3. The van der Waals surface area contributed by atoms with Gasteiger partial charge in [0, 0.05) is 6.42 Å². The summed E-state index contributed by atoms with van der Waals surface area (Å²) in [5.41, 5.74) is 2.75. The van der Waals surface area contributed by atoms with E-state index < -0.39 is 12.2 Å². The topological polar surface area (TPSA) is 40.5 Å². The minimum Gasteiger partial charge on any atom is -0.393 e. The molecule has 0 aromatic rings. The van der Waals surface area contributed by atoms with E-state index in [0.717, 1.165) is 11.8 Å². The van der Waals surface area contributed by atoms with Crippen molar-refractivity contribution in [1.29, 1.82) is 0 Å². The standard InChI is InChI=1S/C13H22.C8H14O2/c1-4-11-7-8-12-10(2)6-5-9-13(11,12)3;1-4-6(2)8(10)5-7(3)9/h11-12H,2,4-9H2,1,3H3;4,7-10H,1-2,5H2,3H3/t11-,12-,13+;7-,8+/m01/s1. The predicted octanol–water partition coefficient (Wildman–Crippen LogP) is 5.03. The second-order valence-electron chi connectivity index (χ2n) is 7.63. The summed E-state index contributed by atoms with van der Waals surface area (Å²) >= 11 is 0. The highest BCUT2D eigenvalue weighted by Gasteiger charge is 2.47. The zero-order valence-electron chi connectivity index (χ0n) is 15.4. The lowest BCUT2D eigenvalue weighted by atomic mass is 9.63. The van der Waals surface area contributed by atoms with Crippen LogP contribution in [0.2, 0.25) is 0 Å². The molecule has 2 fully saturated rings. The molecule has 2 aliphatic rings. The molecular formula is C21H36O2. The Morgan fingerprint density at radius 2 is 2.04 bits per heavy atom. The zero-order chi connectivity index (χ0) is 17.6. The molecule has 2 saturated carbocycles. The first-order valence-electron chi connectivity index (χ1n) is 9.11. The molecule has 0 heterocycles. The van der Waals surface area contributed by atoms with Gasteiger partial charge in [0.25, 0.3) is 0 Å². The van der Waals surface area contributed by atoms with Crippen molar-refractivity contribution in [2.75, 3.05) is 0 Å². The summed E-state index contributed by atoms with van der Waals surface area (Å²) in [4.78, 5) is 0. The van der Waals surface area contributed by atoms with E-state index in [9.17, 15) is 0 Å². The molecular weight excluding hydrogens is 284 g/mol. The fraction of sp³-hybridized carbons (Fsp3) is 0.714. The lowest BCUT2D eigenvalue weighted by Crippen LogP contribution is -2.32. The summed E-state index contributed by atoms with van der Waals surface area (Å²) in [7, 11) is 0. The van der Waals surface area contributed by atoms with Crippen LogP contribution in [0.15, 0.2) is 37.0 Å². The SMILES string of the molecule is C=C1CCC[C@]2(C)[C@@H](CC)CC[C@@H]12.C=CC(=C)[C@@H](O)C[C@@H](C)O. The third-order valence-corrected chi connectivity index (χ3v) is 5.99. The van der Waals surface area contributed by atoms with Gasteiger partial charge in [-0.05, 0) is 61.9 Å². The molecule has 0 amide bonds. The molecule has 0 aliphatic heterocycles. The molecule has 2 heteroatoms. The second kappa shape index (κ2) is 8.84. The van der Waals surface area contributed by atoms with Gasteiger partial charge in [0.15, 0.2) is 0 Å². The Kier molecular flexibility index (Phi) is 7.76. The van der Waals surface area contributed by atoms with Crippen LogP contribution in [0.25, 0.3) is 0 Å². The van der Waals surface area contributed by atoms with E-state index in [4.69, 9.17) is 10.2 Å². The highest BCUT2D eigenvalue weighted by molar-refractivity contribution is 5.16. The summed E-state index contributed by atoms with van der Waals surface area (Å²) in [5.74, 6) is 1.85. The molecule has 5 atom stereocenters. The molecule has 0 saturated heterocycles. The third kappa shape index (κ3) is 5.06. The molecule has 0 spiro atoms. The maximum atomic E-state index is 9.16. The number of hydrogen-bond donors (Lipinski definition) is 2. The van der Waals surface area contributed by atoms with Crippen LogP contribution in [-0.4, -0.2) is 22.4 Å². The first kappa shape index (κ1) is 20.2. The molecule has 0 bridgehead atoms. The molecule has 2 nitrogen and oxygen atoms in total. The monoisotopic (exact) mass is 320 g/mol. The van der Waals surface area contributed by atoms with E-state index in [-0.39, 0.29) is 0 Å². The lowest BCUT2D eigenvalue weighted by molar-refractivity contribution is 0.112. The van der Waals surface area contributed by atoms with Crippen molar-refractivity contribution in [2.45, 2.75) is 77.9 Å². The average molecular weight is 321 g/mol. The van der Waals surface area contributed by atoms with Crippen LogP contribution in [0.3, 0.4) is 0 Å². The number of aliphatic hydroxyl groups is 2. The van der Waals surface area contributed by atoms with Gasteiger partial charge in [-0.2, -0.15) is 0 Å². The molecule has 132 valence electrons. The van der Waals surface area contributed by atoms with E-state index in [1.165, 1.54) is 44.6 Å². The van der Waals surface area contributed by atoms with Gasteiger partial charge < -0.3 is 10.2 Å². The summed E-state index contributed by atoms with van der Waals surface area (Å²) in [5, 5.41) is 18.0. The van der Waals surface area contributed by atoms with Gasteiger partial charge >= 0.3 is 0 Å². The zero-order valence-corrected chi connectivity index (χ0v) is 15.4. The van der Waals surface area contributed by atoms with Crippen LogP contribution in [0.4, 0.5) is 0 Å². The van der Waals surface area contributed by atoms with Crippen molar-refractivity contribution in [3.63, 3.8) is 0 Å². The van der Waals surface area contributed by atoms with Crippen molar-refractivity contribution in [1.82, 2.24) is 0 Å². The summed E-state index contributed by atoms with van der Waals surface area (Å²) < 4.78 is 0. The van der Waals surface area contributed by atoms with E-state index in [0.29, 0.717) is 17.4 Å². The highest BCUT2D eigenvalue weighted by atomic mass is 16.3. The van der Waals surface area contributed by atoms with Gasteiger partial charge in [-0.1, -0.05) is 51.7 Å². The van der Waals surface area contributed by atoms with Crippen molar-refractivity contribution in [2.24, 2.45) is 17.3 Å². The van der Waals surface area contributed by atoms with E-state index >= 15 is 0 Å².